The summed E-state index contributed by atoms with van der Waals surface area (Å²) < 4.78 is 47.6. The number of hydrogen-bond donors (Lipinski definition) is 0. The first kappa shape index (κ1) is 61.2. The third kappa shape index (κ3) is 17.7. The number of rotatable bonds is 35. The summed E-state index contributed by atoms with van der Waals surface area (Å²) in [5.41, 5.74) is 6.78. The van der Waals surface area contributed by atoms with Gasteiger partial charge in [-0.05, 0) is 31.6 Å². The number of allylic oxidation sites excluding steroid dienone is 6. The maximum absolute atomic E-state index is 11.9. The molecule has 2 aromatic rings. The fourth-order valence-electron chi connectivity index (χ4n) is 8.88. The Morgan fingerprint density at radius 3 is 1.43 bits per heavy atom. The van der Waals surface area contributed by atoms with Crippen molar-refractivity contribution in [3.8, 4) is 0 Å². The van der Waals surface area contributed by atoms with E-state index in [0.717, 1.165) is 0 Å². The molecule has 6 rings (SSSR count). The minimum absolute atomic E-state index is 0. The lowest BCUT2D eigenvalue weighted by Gasteiger charge is -2.27. The fourth-order valence-corrected chi connectivity index (χ4v) is 8.88. The molecule has 0 N–H and O–H groups in total. The lowest BCUT2D eigenvalue weighted by Crippen LogP contribution is -3.00. The Kier molecular flexibility index (Phi) is 25.4. The van der Waals surface area contributed by atoms with Crippen LogP contribution in [0.4, 0.5) is 11.4 Å². The summed E-state index contributed by atoms with van der Waals surface area (Å²) in [4.78, 5) is 81.9. The molecule has 0 unspecified atom stereocenters. The second-order valence-corrected chi connectivity index (χ2v) is 18.8. The first-order valence-electron chi connectivity index (χ1n) is 25.7. The van der Waals surface area contributed by atoms with Gasteiger partial charge in [-0.1, -0.05) is 68.5 Å². The number of fused-ring (bicyclic) bond motifs is 2. The van der Waals surface area contributed by atoms with Gasteiger partial charge in [-0.3, -0.25) is 19.2 Å². The smallest absolute Gasteiger partial charge is 0.335 e. The zero-order valence-electron chi connectivity index (χ0n) is 44.2. The van der Waals surface area contributed by atoms with Gasteiger partial charge in [0.25, 0.3) is 23.6 Å². The summed E-state index contributed by atoms with van der Waals surface area (Å²) in [6.07, 6.45) is 10.7. The Morgan fingerprint density at radius 2 is 0.934 bits per heavy atom. The number of ether oxygens (including phenoxy) is 8. The average Bonchev–Trinajstić information content (AvgIpc) is 4.03. The third-order valence-corrected chi connectivity index (χ3v) is 12.8. The molecule has 4 aliphatic heterocycles. The van der Waals surface area contributed by atoms with E-state index in [4.69, 9.17) is 47.6 Å². The number of carbonyl (C=O) groups excluding carboxylic acids is 6. The molecule has 0 aliphatic carbocycles. The van der Waals surface area contributed by atoms with Gasteiger partial charge in [-0.15, -0.1) is 10.1 Å². The van der Waals surface area contributed by atoms with Gasteiger partial charge >= 0.3 is 11.9 Å². The van der Waals surface area contributed by atoms with Crippen LogP contribution in [-0.4, -0.2) is 175 Å². The molecule has 4 heterocycles. The van der Waals surface area contributed by atoms with E-state index in [0.29, 0.717) is 102 Å². The van der Waals surface area contributed by atoms with Crippen LogP contribution in [0.25, 0.3) is 0 Å². The molecule has 2 fully saturated rings. The van der Waals surface area contributed by atoms with Crippen LogP contribution in [0.1, 0.15) is 77.3 Å². The molecule has 20 nitrogen and oxygen atoms in total. The summed E-state index contributed by atoms with van der Waals surface area (Å²) in [5.74, 6) is -3.47. The van der Waals surface area contributed by atoms with Crippen LogP contribution in [0, 0.1) is 0 Å². The molecule has 21 heteroatoms. The van der Waals surface area contributed by atoms with E-state index in [-0.39, 0.29) is 88.2 Å². The van der Waals surface area contributed by atoms with Crippen molar-refractivity contribution in [3.63, 3.8) is 0 Å². The maximum atomic E-state index is 11.9. The Bertz CT molecular complexity index is 2370. The summed E-state index contributed by atoms with van der Waals surface area (Å²) in [6, 6.07) is 17.0. The van der Waals surface area contributed by atoms with Crippen molar-refractivity contribution in [1.82, 2.24) is 10.1 Å². The van der Waals surface area contributed by atoms with Crippen molar-refractivity contribution in [1.29, 1.82) is 0 Å². The number of benzene rings is 2. The lowest BCUT2D eigenvalue weighted by molar-refractivity contribution is -0.442. The third-order valence-electron chi connectivity index (χ3n) is 12.8. The minimum Gasteiger partial charge on any atom is -1.00 e. The molecule has 4 amide bonds. The van der Waals surface area contributed by atoms with Gasteiger partial charge in [0.15, 0.2) is 12.3 Å². The number of imide groups is 2. The van der Waals surface area contributed by atoms with Crippen LogP contribution < -0.4 is 17.3 Å². The number of carbonyl (C=O) groups is 6. The molecule has 0 saturated carbocycles. The van der Waals surface area contributed by atoms with E-state index in [1.807, 2.05) is 0 Å². The van der Waals surface area contributed by atoms with Gasteiger partial charge in [0, 0.05) is 66.7 Å². The molecule has 0 bridgehead atoms. The zero-order chi connectivity index (χ0) is 53.5. The van der Waals surface area contributed by atoms with Crippen molar-refractivity contribution in [2.45, 2.75) is 77.0 Å². The van der Waals surface area contributed by atoms with Crippen molar-refractivity contribution in [3.05, 3.63) is 95.7 Å². The number of amides is 4. The predicted octanol–water partition coefficient (Wildman–Crippen LogP) is 1.99. The van der Waals surface area contributed by atoms with Crippen molar-refractivity contribution in [2.24, 2.45) is 0 Å². The monoisotopic (exact) mass is 1080 g/mol. The maximum Gasteiger partial charge on any atom is 0.335 e. The van der Waals surface area contributed by atoms with E-state index in [1.54, 1.807) is 0 Å². The van der Waals surface area contributed by atoms with Gasteiger partial charge in [0.1, 0.15) is 6.61 Å². The summed E-state index contributed by atoms with van der Waals surface area (Å²) >= 11 is 0. The Hall–Kier alpha value is -5.68. The lowest BCUT2D eigenvalue weighted by atomic mass is 9.81. The first-order chi connectivity index (χ1) is 36.3. The highest BCUT2D eigenvalue weighted by atomic mass is 35.5. The van der Waals surface area contributed by atoms with E-state index < -0.39 is 35.6 Å². The highest BCUT2D eigenvalue weighted by Crippen LogP contribution is 2.47. The second kappa shape index (κ2) is 31.5. The summed E-state index contributed by atoms with van der Waals surface area (Å²) in [7, 11) is 0. The minimum atomic E-state index is -0.705. The zero-order valence-corrected chi connectivity index (χ0v) is 44.9. The number of anilines is 1. The molecule has 2 saturated heterocycles. The highest BCUT2D eigenvalue weighted by molar-refractivity contribution is 6.03. The SMILES string of the molecule is CC1(C)C(/C=C/C=C/C=C2\N(CCOCCOCCOCCOCCC(=O)ON3C(=O)CCC3=O)c3ccccc3C2(C)C)=[N+](CCOCCOCCOCCOCCC(=O)ON2C(=O)CCC2=O)c2ccccc21.[Cl-]. The molecule has 0 spiro atoms. The highest BCUT2D eigenvalue weighted by Gasteiger charge is 2.44. The molecule has 76 heavy (non-hydrogen) atoms. The number of para-hydroxylation sites is 2. The van der Waals surface area contributed by atoms with Crippen LogP contribution in [0.15, 0.2) is 84.6 Å². The molecular weight excluding hydrogens is 1010 g/mol. The van der Waals surface area contributed by atoms with Crippen LogP contribution >= 0.6 is 0 Å². The van der Waals surface area contributed by atoms with Gasteiger partial charge in [0.2, 0.25) is 5.69 Å². The molecule has 0 radical (unpaired) electrons. The predicted molar refractivity (Wildman–Crippen MR) is 273 cm³/mol. The number of halogens is 1. The normalized spacial score (nSPS) is 17.3. The Balaban J connectivity index is 0.0000107. The molecule has 0 aromatic heterocycles. The van der Waals surface area contributed by atoms with Gasteiger partial charge in [0.05, 0.1) is 117 Å². The summed E-state index contributed by atoms with van der Waals surface area (Å²) in [6.45, 7) is 16.0. The van der Waals surface area contributed by atoms with Gasteiger partial charge in [-0.25, -0.2) is 9.59 Å². The number of hydrogen-bond acceptors (Lipinski definition) is 17. The van der Waals surface area contributed by atoms with E-state index in [9.17, 15) is 28.8 Å². The molecule has 416 valence electrons. The molecule has 2 aromatic carbocycles. The summed E-state index contributed by atoms with van der Waals surface area (Å²) in [5, 5.41) is 1.05. The van der Waals surface area contributed by atoms with E-state index >= 15 is 0 Å². The first-order valence-corrected chi connectivity index (χ1v) is 25.7. The van der Waals surface area contributed by atoms with Crippen LogP contribution in [0.3, 0.4) is 0 Å². The van der Waals surface area contributed by atoms with E-state index in [1.165, 1.54) is 33.9 Å². The van der Waals surface area contributed by atoms with E-state index in [2.05, 4.69) is 116 Å². The number of nitrogens with zero attached hydrogens (tertiary/aromatic N) is 4. The van der Waals surface area contributed by atoms with Crippen molar-refractivity contribution >= 4 is 52.7 Å². The molecule has 0 atom stereocenters. The topological polar surface area (TPSA) is 207 Å². The Labute approximate surface area is 451 Å². The molecular formula is C55H73ClN4O16. The van der Waals surface area contributed by atoms with Crippen molar-refractivity contribution < 1.29 is 93.3 Å². The van der Waals surface area contributed by atoms with Crippen molar-refractivity contribution in [2.75, 3.05) is 124 Å². The van der Waals surface area contributed by atoms with Gasteiger partial charge in [-0.2, -0.15) is 4.58 Å². The quantitative estimate of drug-likeness (QED) is 0.0419. The fraction of sp³-hybridized carbons (Fsp3) is 0.545. The average molecular weight is 1080 g/mol. The van der Waals surface area contributed by atoms with Crippen LogP contribution in [0.5, 0.6) is 0 Å². The van der Waals surface area contributed by atoms with Crippen LogP contribution in [0.2, 0.25) is 0 Å². The number of hydroxylamine groups is 4. The van der Waals surface area contributed by atoms with Gasteiger partial charge < -0.3 is 64.9 Å². The Morgan fingerprint density at radius 1 is 0.513 bits per heavy atom. The molecule has 4 aliphatic rings. The second-order valence-electron chi connectivity index (χ2n) is 18.8. The standard InChI is InChI=1S/C55H73N4O16.ClH/c1-54(2)42-12-8-10-14-44(42)56(24-28-68-32-36-72-40-38-70-34-30-66-26-22-52(64)74-58-48(60)18-19-49(58)61)46(54)16-6-5-7-17-47-55(3,4)43-13-9-11-15-45(43)57(47)25-29-69-33-37-73-41-39-71-35-31-67-27-23-53(65)75-59-50(62)20-21-51(59)63;/h5-17H,18-41H2,1-4H3;1H/q+1;/p-1. The van der Waals surface area contributed by atoms with Crippen LogP contribution in [-0.2, 0) is 87.2 Å². The largest absolute Gasteiger partial charge is 1.00 e.